The van der Waals surface area contributed by atoms with Crippen molar-refractivity contribution in [3.05, 3.63) is 54.6 Å². The number of carbonyl (C=O) groups is 1. The molecule has 0 heterocycles. The third-order valence-electron chi connectivity index (χ3n) is 4.12. The minimum absolute atomic E-state index is 0.0107. The molecule has 0 unspecified atom stereocenters. The van der Waals surface area contributed by atoms with Crippen molar-refractivity contribution >= 4 is 5.91 Å². The molecule has 1 amide bonds. The number of amides is 1. The molecule has 0 fully saturated rings. The van der Waals surface area contributed by atoms with E-state index in [1.54, 1.807) is 6.92 Å². The second kappa shape index (κ2) is 7.65. The van der Waals surface area contributed by atoms with Crippen LogP contribution in [0.3, 0.4) is 0 Å². The number of rotatable bonds is 6. The van der Waals surface area contributed by atoms with Crippen LogP contribution >= 0.6 is 0 Å². The molecule has 2 rings (SSSR count). The van der Waals surface area contributed by atoms with Crippen LogP contribution in [0.5, 0.6) is 5.75 Å². The minimum atomic E-state index is -0.891. The molecule has 0 radical (unpaired) electrons. The van der Waals surface area contributed by atoms with Gasteiger partial charge in [0, 0.05) is 0 Å². The van der Waals surface area contributed by atoms with Gasteiger partial charge in [0.25, 0.3) is 5.91 Å². The fourth-order valence-corrected chi connectivity index (χ4v) is 2.15. The van der Waals surface area contributed by atoms with Gasteiger partial charge in [-0.3, -0.25) is 4.79 Å². The molecule has 0 aliphatic carbocycles. The Balaban J connectivity index is 1.93. The Labute approximate surface area is 143 Å². The van der Waals surface area contributed by atoms with E-state index in [4.69, 9.17) is 4.74 Å². The summed E-state index contributed by atoms with van der Waals surface area (Å²) in [5.41, 5.74) is 1.32. The Hall–Kier alpha value is -2.80. The van der Waals surface area contributed by atoms with Crippen LogP contribution in [0, 0.1) is 17.2 Å². The monoisotopic (exact) mass is 322 g/mol. The summed E-state index contributed by atoms with van der Waals surface area (Å²) in [5.74, 6) is 0.324. The van der Waals surface area contributed by atoms with Crippen LogP contribution in [0.15, 0.2) is 54.6 Å². The summed E-state index contributed by atoms with van der Waals surface area (Å²) in [6.07, 6.45) is 0. The predicted octanol–water partition coefficient (Wildman–Crippen LogP) is 3.79. The van der Waals surface area contributed by atoms with Crippen molar-refractivity contribution < 1.29 is 9.53 Å². The summed E-state index contributed by atoms with van der Waals surface area (Å²) in [6.45, 7) is 5.39. The molecule has 124 valence electrons. The normalized spacial score (nSPS) is 13.0. The molecule has 1 atom stereocenters. The zero-order chi connectivity index (χ0) is 17.6. The van der Waals surface area contributed by atoms with Crippen LogP contribution in [-0.4, -0.2) is 18.1 Å². The predicted molar refractivity (Wildman–Crippen MR) is 94.4 cm³/mol. The summed E-state index contributed by atoms with van der Waals surface area (Å²) in [4.78, 5) is 12.0. The summed E-state index contributed by atoms with van der Waals surface area (Å²) in [6, 6.07) is 19.8. The number of nitriles is 1. The number of ether oxygens (including phenoxy) is 1. The third-order valence-corrected chi connectivity index (χ3v) is 4.12. The van der Waals surface area contributed by atoms with Crippen LogP contribution in [0.4, 0.5) is 0 Å². The van der Waals surface area contributed by atoms with Gasteiger partial charge in [-0.25, -0.2) is 0 Å². The molecule has 2 aromatic carbocycles. The maximum atomic E-state index is 12.0. The van der Waals surface area contributed by atoms with E-state index < -0.39 is 5.54 Å². The van der Waals surface area contributed by atoms with E-state index in [9.17, 15) is 10.1 Å². The summed E-state index contributed by atoms with van der Waals surface area (Å²) in [5, 5.41) is 11.9. The number of benzene rings is 2. The highest BCUT2D eigenvalue weighted by Gasteiger charge is 2.29. The highest BCUT2D eigenvalue weighted by Crippen LogP contribution is 2.22. The maximum Gasteiger partial charge on any atom is 0.259 e. The van der Waals surface area contributed by atoms with Gasteiger partial charge < -0.3 is 10.1 Å². The fraction of sp³-hybridized carbons (Fsp3) is 0.300. The molecular formula is C20H22N2O2. The Morgan fingerprint density at radius 3 is 2.25 bits per heavy atom. The smallest absolute Gasteiger partial charge is 0.259 e. The van der Waals surface area contributed by atoms with E-state index in [2.05, 4.69) is 11.4 Å². The van der Waals surface area contributed by atoms with E-state index in [0.29, 0.717) is 5.75 Å². The fourth-order valence-electron chi connectivity index (χ4n) is 2.15. The van der Waals surface area contributed by atoms with Gasteiger partial charge in [-0.2, -0.15) is 5.26 Å². The number of hydrogen-bond acceptors (Lipinski definition) is 3. The van der Waals surface area contributed by atoms with Crippen molar-refractivity contribution in [2.24, 2.45) is 5.92 Å². The van der Waals surface area contributed by atoms with Gasteiger partial charge in [0.2, 0.25) is 0 Å². The highest BCUT2D eigenvalue weighted by molar-refractivity contribution is 5.79. The first-order valence-electron chi connectivity index (χ1n) is 7.95. The van der Waals surface area contributed by atoms with Crippen LogP contribution in [0.2, 0.25) is 0 Å². The second-order valence-corrected chi connectivity index (χ2v) is 6.20. The second-order valence-electron chi connectivity index (χ2n) is 6.20. The lowest BCUT2D eigenvalue weighted by Gasteiger charge is -2.27. The van der Waals surface area contributed by atoms with Gasteiger partial charge in [0.05, 0.1) is 6.07 Å². The van der Waals surface area contributed by atoms with Gasteiger partial charge >= 0.3 is 0 Å². The molecule has 0 spiro atoms. The van der Waals surface area contributed by atoms with Crippen LogP contribution in [-0.2, 0) is 4.79 Å². The molecule has 0 saturated carbocycles. The first-order chi connectivity index (χ1) is 11.4. The van der Waals surface area contributed by atoms with Crippen molar-refractivity contribution in [2.45, 2.75) is 26.3 Å². The Morgan fingerprint density at radius 2 is 1.71 bits per heavy atom. The van der Waals surface area contributed by atoms with Crippen LogP contribution in [0.25, 0.3) is 11.1 Å². The first kappa shape index (κ1) is 17.6. The lowest BCUT2D eigenvalue weighted by Crippen LogP contribution is -2.50. The largest absolute Gasteiger partial charge is 0.484 e. The summed E-state index contributed by atoms with van der Waals surface area (Å²) in [7, 11) is 0. The third kappa shape index (κ3) is 4.36. The molecule has 0 saturated heterocycles. The molecule has 0 bridgehead atoms. The lowest BCUT2D eigenvalue weighted by molar-refractivity contribution is -0.124. The number of hydrogen-bond donors (Lipinski definition) is 1. The minimum Gasteiger partial charge on any atom is -0.484 e. The van der Waals surface area contributed by atoms with E-state index in [1.807, 2.05) is 68.4 Å². The molecule has 1 N–H and O–H groups in total. The van der Waals surface area contributed by atoms with Crippen molar-refractivity contribution in [3.8, 4) is 22.9 Å². The van der Waals surface area contributed by atoms with Gasteiger partial charge in [-0.05, 0) is 36.1 Å². The molecule has 24 heavy (non-hydrogen) atoms. The molecule has 2 aromatic rings. The number of nitrogens with zero attached hydrogens (tertiary/aromatic N) is 1. The van der Waals surface area contributed by atoms with Crippen molar-refractivity contribution in [2.75, 3.05) is 6.61 Å². The van der Waals surface area contributed by atoms with Crippen LogP contribution in [0.1, 0.15) is 20.8 Å². The quantitative estimate of drug-likeness (QED) is 0.880. The van der Waals surface area contributed by atoms with Gasteiger partial charge in [-0.1, -0.05) is 56.3 Å². The topological polar surface area (TPSA) is 62.1 Å². The average molecular weight is 322 g/mol. The van der Waals surface area contributed by atoms with E-state index in [1.165, 1.54) is 0 Å². The van der Waals surface area contributed by atoms with Crippen LogP contribution < -0.4 is 10.1 Å². The Bertz CT molecular complexity index is 718. The average Bonchev–Trinajstić information content (AvgIpc) is 2.61. The molecule has 0 aromatic heterocycles. The maximum absolute atomic E-state index is 12.0. The highest BCUT2D eigenvalue weighted by atomic mass is 16.5. The first-order valence-corrected chi connectivity index (χ1v) is 7.95. The van der Waals surface area contributed by atoms with Gasteiger partial charge in [0.15, 0.2) is 6.61 Å². The van der Waals surface area contributed by atoms with E-state index in [0.717, 1.165) is 11.1 Å². The lowest BCUT2D eigenvalue weighted by atomic mass is 9.90. The molecular weight excluding hydrogens is 300 g/mol. The summed E-state index contributed by atoms with van der Waals surface area (Å²) >= 11 is 0. The molecule has 4 heteroatoms. The van der Waals surface area contributed by atoms with E-state index in [-0.39, 0.29) is 18.4 Å². The number of carbonyl (C=O) groups excluding carboxylic acids is 1. The van der Waals surface area contributed by atoms with Gasteiger partial charge in [0.1, 0.15) is 11.3 Å². The zero-order valence-corrected chi connectivity index (χ0v) is 14.2. The SMILES string of the molecule is CC(C)[C@@](C)(C#N)NC(=O)COc1ccc(-c2ccccc2)cc1. The van der Waals surface area contributed by atoms with E-state index >= 15 is 0 Å². The Morgan fingerprint density at radius 1 is 1.12 bits per heavy atom. The molecule has 0 aliphatic rings. The van der Waals surface area contributed by atoms with Crippen molar-refractivity contribution in [1.82, 2.24) is 5.32 Å². The molecule has 4 nitrogen and oxygen atoms in total. The van der Waals surface area contributed by atoms with Crippen molar-refractivity contribution in [1.29, 1.82) is 5.26 Å². The molecule has 0 aliphatic heterocycles. The van der Waals surface area contributed by atoms with Gasteiger partial charge in [-0.15, -0.1) is 0 Å². The summed E-state index contributed by atoms with van der Waals surface area (Å²) < 4.78 is 5.51. The van der Waals surface area contributed by atoms with Crippen molar-refractivity contribution in [3.63, 3.8) is 0 Å². The zero-order valence-electron chi connectivity index (χ0n) is 14.2. The Kier molecular flexibility index (Phi) is 5.59. The number of nitrogens with one attached hydrogen (secondary N) is 1. The standard InChI is InChI=1S/C20H22N2O2/c1-15(2)20(3,14-21)22-19(23)13-24-18-11-9-17(10-12-18)16-7-5-4-6-8-16/h4-12,15H,13H2,1-3H3,(H,22,23)/t20-/m1/s1.